The highest BCUT2D eigenvalue weighted by Gasteiger charge is 2.19. The quantitative estimate of drug-likeness (QED) is 0.639. The van der Waals surface area contributed by atoms with Crippen LogP contribution < -0.4 is 10.6 Å². The molecule has 3 N–H and O–H groups in total. The fraction of sp³-hybridized carbons (Fsp3) is 0.500. The highest BCUT2D eigenvalue weighted by atomic mass is 16.5. The van der Waals surface area contributed by atoms with Gasteiger partial charge in [0.1, 0.15) is 17.5 Å². The molecule has 0 unspecified atom stereocenters. The average Bonchev–Trinajstić information content (AvgIpc) is 2.61. The zero-order valence-electron chi connectivity index (χ0n) is 7.66. The number of morpholine rings is 1. The number of nitrogens with zero attached hydrogens (tertiary/aromatic N) is 3. The summed E-state index contributed by atoms with van der Waals surface area (Å²) in [4.78, 5) is 1.99. The van der Waals surface area contributed by atoms with Crippen molar-refractivity contribution in [2.24, 2.45) is 0 Å². The Hall–Kier alpha value is -1.74. The molecule has 2 heterocycles. The van der Waals surface area contributed by atoms with Crippen LogP contribution in [-0.2, 0) is 4.74 Å². The monoisotopic (exact) mass is 193 g/mol. The summed E-state index contributed by atoms with van der Waals surface area (Å²) >= 11 is 0. The molecule has 0 bridgehead atoms. The summed E-state index contributed by atoms with van der Waals surface area (Å²) < 4.78 is 5.21. The Bertz CT molecular complexity index is 360. The van der Waals surface area contributed by atoms with Gasteiger partial charge in [0, 0.05) is 13.1 Å². The average molecular weight is 193 g/mol. The lowest BCUT2D eigenvalue weighted by molar-refractivity contribution is 0.122. The van der Waals surface area contributed by atoms with Gasteiger partial charge >= 0.3 is 0 Å². The highest BCUT2D eigenvalue weighted by molar-refractivity contribution is 5.64. The number of anilines is 2. The minimum atomic E-state index is 0.328. The summed E-state index contributed by atoms with van der Waals surface area (Å²) in [6, 6.07) is 2.04. The van der Waals surface area contributed by atoms with Gasteiger partial charge in [-0.05, 0) is 0 Å². The van der Waals surface area contributed by atoms with Crippen LogP contribution in [0.1, 0.15) is 5.56 Å². The lowest BCUT2D eigenvalue weighted by Crippen LogP contribution is -2.36. The van der Waals surface area contributed by atoms with Gasteiger partial charge < -0.3 is 15.4 Å². The summed E-state index contributed by atoms with van der Waals surface area (Å²) in [6.07, 6.45) is 0. The van der Waals surface area contributed by atoms with Crippen LogP contribution in [0.5, 0.6) is 0 Å². The molecular formula is C8H11N5O. The molecule has 0 amide bonds. The van der Waals surface area contributed by atoms with E-state index in [2.05, 4.69) is 10.2 Å². The van der Waals surface area contributed by atoms with E-state index in [0.29, 0.717) is 30.4 Å². The smallest absolute Gasteiger partial charge is 0.170 e. The number of aromatic amines is 1. The van der Waals surface area contributed by atoms with Crippen molar-refractivity contribution in [1.29, 1.82) is 5.26 Å². The fourth-order valence-corrected chi connectivity index (χ4v) is 1.46. The summed E-state index contributed by atoms with van der Waals surface area (Å²) in [5.74, 6) is 0.960. The van der Waals surface area contributed by atoms with Crippen LogP contribution in [0.3, 0.4) is 0 Å². The summed E-state index contributed by atoms with van der Waals surface area (Å²) in [5, 5.41) is 15.5. The number of aromatic nitrogens is 2. The normalized spacial score (nSPS) is 16.6. The first-order valence-electron chi connectivity index (χ1n) is 4.39. The van der Waals surface area contributed by atoms with Gasteiger partial charge in [0.2, 0.25) is 0 Å². The number of nitriles is 1. The van der Waals surface area contributed by atoms with E-state index in [-0.39, 0.29) is 0 Å². The van der Waals surface area contributed by atoms with Crippen molar-refractivity contribution in [3.8, 4) is 6.07 Å². The predicted octanol–water partition coefficient (Wildman–Crippen LogP) is -0.300. The molecule has 1 saturated heterocycles. The Morgan fingerprint density at radius 1 is 1.50 bits per heavy atom. The van der Waals surface area contributed by atoms with E-state index in [1.165, 1.54) is 0 Å². The third kappa shape index (κ3) is 1.38. The van der Waals surface area contributed by atoms with Crippen molar-refractivity contribution in [2.45, 2.75) is 0 Å². The molecule has 2 rings (SSSR count). The molecule has 6 heteroatoms. The van der Waals surface area contributed by atoms with Crippen LogP contribution in [0, 0.1) is 11.3 Å². The zero-order valence-corrected chi connectivity index (χ0v) is 7.66. The number of nitrogens with one attached hydrogen (secondary N) is 1. The zero-order chi connectivity index (χ0) is 9.97. The molecule has 74 valence electrons. The molecule has 0 radical (unpaired) electrons. The molecule has 0 atom stereocenters. The van der Waals surface area contributed by atoms with Gasteiger partial charge in [0.25, 0.3) is 0 Å². The van der Waals surface area contributed by atoms with Gasteiger partial charge in [-0.1, -0.05) is 0 Å². The van der Waals surface area contributed by atoms with Gasteiger partial charge in [-0.15, -0.1) is 0 Å². The Morgan fingerprint density at radius 3 is 2.86 bits per heavy atom. The van der Waals surface area contributed by atoms with Gasteiger partial charge in [0.15, 0.2) is 5.82 Å². The second-order valence-corrected chi connectivity index (χ2v) is 3.05. The molecule has 0 spiro atoms. The first-order valence-corrected chi connectivity index (χ1v) is 4.39. The summed E-state index contributed by atoms with van der Waals surface area (Å²) in [6.45, 7) is 2.83. The Balaban J connectivity index is 2.26. The second-order valence-electron chi connectivity index (χ2n) is 3.05. The minimum Gasteiger partial charge on any atom is -0.383 e. The van der Waals surface area contributed by atoms with Crippen molar-refractivity contribution in [1.82, 2.24) is 10.2 Å². The van der Waals surface area contributed by atoms with E-state index in [1.807, 2.05) is 11.0 Å². The number of H-pyrrole nitrogens is 1. The number of hydrogen-bond donors (Lipinski definition) is 2. The van der Waals surface area contributed by atoms with Crippen molar-refractivity contribution in [3.63, 3.8) is 0 Å². The van der Waals surface area contributed by atoms with Crippen molar-refractivity contribution >= 4 is 11.6 Å². The largest absolute Gasteiger partial charge is 0.383 e. The molecule has 1 aliphatic heterocycles. The molecule has 0 saturated carbocycles. The fourth-order valence-electron chi connectivity index (χ4n) is 1.46. The van der Waals surface area contributed by atoms with Gasteiger partial charge in [0.05, 0.1) is 13.2 Å². The Morgan fingerprint density at radius 2 is 2.21 bits per heavy atom. The molecule has 6 nitrogen and oxygen atoms in total. The molecule has 1 aromatic heterocycles. The number of ether oxygens (including phenoxy) is 1. The third-order valence-corrected chi connectivity index (χ3v) is 2.20. The molecule has 0 aromatic carbocycles. The minimum absolute atomic E-state index is 0.328. The topological polar surface area (TPSA) is 91.0 Å². The Labute approximate surface area is 81.3 Å². The van der Waals surface area contributed by atoms with E-state index in [1.54, 1.807) is 0 Å². The summed E-state index contributed by atoms with van der Waals surface area (Å²) in [7, 11) is 0. The van der Waals surface area contributed by atoms with Crippen LogP contribution in [0.25, 0.3) is 0 Å². The maximum absolute atomic E-state index is 8.87. The first kappa shape index (κ1) is 8.84. The van der Waals surface area contributed by atoms with Crippen molar-refractivity contribution in [2.75, 3.05) is 36.9 Å². The number of nitrogens with two attached hydrogens (primary N) is 1. The SMILES string of the molecule is N#Cc1c(N2CCOCC2)n[nH]c1N. The Kier molecular flexibility index (Phi) is 2.24. The molecule has 1 aliphatic rings. The van der Waals surface area contributed by atoms with E-state index in [4.69, 9.17) is 15.7 Å². The standard InChI is InChI=1S/C8H11N5O/c9-5-6-7(10)11-12-8(6)13-1-3-14-4-2-13/h1-4H2,(H3,10,11,12). The van der Waals surface area contributed by atoms with Gasteiger partial charge in [-0.3, -0.25) is 5.10 Å². The maximum atomic E-state index is 8.87. The maximum Gasteiger partial charge on any atom is 0.170 e. The van der Waals surface area contributed by atoms with Crippen molar-refractivity contribution in [3.05, 3.63) is 5.56 Å². The van der Waals surface area contributed by atoms with Crippen LogP contribution in [0.15, 0.2) is 0 Å². The van der Waals surface area contributed by atoms with E-state index >= 15 is 0 Å². The van der Waals surface area contributed by atoms with E-state index in [0.717, 1.165) is 13.1 Å². The van der Waals surface area contributed by atoms with E-state index in [9.17, 15) is 0 Å². The van der Waals surface area contributed by atoms with Crippen LogP contribution >= 0.6 is 0 Å². The first-order chi connectivity index (χ1) is 6.83. The van der Waals surface area contributed by atoms with Gasteiger partial charge in [-0.2, -0.15) is 10.4 Å². The highest BCUT2D eigenvalue weighted by Crippen LogP contribution is 2.21. The molecule has 1 aromatic rings. The molecule has 0 aliphatic carbocycles. The molecule has 1 fully saturated rings. The van der Waals surface area contributed by atoms with Crippen molar-refractivity contribution < 1.29 is 4.74 Å². The number of rotatable bonds is 1. The number of nitrogen functional groups attached to an aromatic ring is 1. The predicted molar refractivity (Wildman–Crippen MR) is 50.7 cm³/mol. The van der Waals surface area contributed by atoms with Crippen LogP contribution in [-0.4, -0.2) is 36.5 Å². The number of hydrogen-bond acceptors (Lipinski definition) is 5. The van der Waals surface area contributed by atoms with E-state index < -0.39 is 0 Å². The lowest BCUT2D eigenvalue weighted by atomic mass is 10.3. The second kappa shape index (κ2) is 3.55. The molecular weight excluding hydrogens is 182 g/mol. The lowest BCUT2D eigenvalue weighted by Gasteiger charge is -2.26. The van der Waals surface area contributed by atoms with Gasteiger partial charge in [-0.25, -0.2) is 0 Å². The third-order valence-electron chi connectivity index (χ3n) is 2.20. The molecule has 14 heavy (non-hydrogen) atoms. The summed E-state index contributed by atoms with van der Waals surface area (Å²) in [5.41, 5.74) is 5.98. The van der Waals surface area contributed by atoms with Crippen LogP contribution in [0.2, 0.25) is 0 Å². The van der Waals surface area contributed by atoms with Crippen LogP contribution in [0.4, 0.5) is 11.6 Å².